The second kappa shape index (κ2) is 9.96. The van der Waals surface area contributed by atoms with Gasteiger partial charge in [0.1, 0.15) is 5.75 Å². The summed E-state index contributed by atoms with van der Waals surface area (Å²) in [6.45, 7) is 0.215. The fourth-order valence-corrected chi connectivity index (χ4v) is 1.89. The number of ether oxygens (including phenoxy) is 3. The van der Waals surface area contributed by atoms with Crippen molar-refractivity contribution in [3.8, 4) is 5.75 Å². The van der Waals surface area contributed by atoms with Crippen molar-refractivity contribution in [3.63, 3.8) is 0 Å². The number of nitrogens with one attached hydrogen (secondary N) is 1. The molecule has 0 spiro atoms. The van der Waals surface area contributed by atoms with Gasteiger partial charge in [0.2, 0.25) is 0 Å². The molecule has 2 amide bonds. The quantitative estimate of drug-likeness (QED) is 0.755. The maximum atomic E-state index is 12.4. The first kappa shape index (κ1) is 19.1. The summed E-state index contributed by atoms with van der Waals surface area (Å²) < 4.78 is 39.1. The predicted octanol–water partition coefficient (Wildman–Crippen LogP) is 2.72. The van der Waals surface area contributed by atoms with Gasteiger partial charge in [-0.05, 0) is 19.1 Å². The number of amides is 2. The Kier molecular flexibility index (Phi) is 8.28. The molecular weight excluding hydrogens is 310 g/mol. The smallest absolute Gasteiger partial charge is 0.387 e. The summed E-state index contributed by atoms with van der Waals surface area (Å²) >= 11 is 0. The van der Waals surface area contributed by atoms with Crippen LogP contribution in [0.25, 0.3) is 0 Å². The zero-order valence-corrected chi connectivity index (χ0v) is 13.5. The van der Waals surface area contributed by atoms with Crippen molar-refractivity contribution in [2.75, 3.05) is 45.8 Å². The summed E-state index contributed by atoms with van der Waals surface area (Å²) in [5, 5.41) is 2.69. The van der Waals surface area contributed by atoms with E-state index in [1.165, 1.54) is 17.0 Å². The first-order chi connectivity index (χ1) is 11.0. The van der Waals surface area contributed by atoms with E-state index in [4.69, 9.17) is 9.47 Å². The molecule has 1 aromatic carbocycles. The van der Waals surface area contributed by atoms with E-state index in [2.05, 4.69) is 10.1 Å². The molecule has 8 heteroatoms. The Bertz CT molecular complexity index is 492. The number of hydrogen-bond acceptors (Lipinski definition) is 4. The molecule has 6 nitrogen and oxygen atoms in total. The molecule has 0 aliphatic carbocycles. The lowest BCUT2D eigenvalue weighted by atomic mass is 10.2. The minimum Gasteiger partial charge on any atom is -0.434 e. The number of carbonyl (C=O) groups is 1. The average Bonchev–Trinajstić information content (AvgIpc) is 2.51. The summed E-state index contributed by atoms with van der Waals surface area (Å²) in [6, 6.07) is 4.22. The number of benzene rings is 1. The van der Waals surface area contributed by atoms with Crippen LogP contribution in [0.2, 0.25) is 0 Å². The highest BCUT2D eigenvalue weighted by atomic mass is 19.3. The van der Waals surface area contributed by atoms with Gasteiger partial charge >= 0.3 is 12.6 Å². The first-order valence-corrected chi connectivity index (χ1v) is 7.07. The Morgan fingerprint density at radius 2 is 1.83 bits per heavy atom. The van der Waals surface area contributed by atoms with Gasteiger partial charge in [-0.3, -0.25) is 0 Å². The summed E-state index contributed by atoms with van der Waals surface area (Å²) in [6.07, 6.45) is 0. The van der Waals surface area contributed by atoms with E-state index in [0.29, 0.717) is 37.6 Å². The molecule has 0 radical (unpaired) electrons. The number of rotatable bonds is 9. The van der Waals surface area contributed by atoms with Crippen molar-refractivity contribution in [2.24, 2.45) is 0 Å². The Morgan fingerprint density at radius 1 is 1.22 bits per heavy atom. The van der Waals surface area contributed by atoms with Crippen LogP contribution in [-0.2, 0) is 9.47 Å². The number of halogens is 2. The first-order valence-electron chi connectivity index (χ1n) is 7.07. The molecule has 130 valence electrons. The standard InChI is InChI=1S/C15H22F2N2O4/c1-11-12(5-4-6-13(11)23-14(16)17)18-15(20)19(7-9-21-2)8-10-22-3/h4-6,14H,7-10H2,1-3H3,(H,18,20). The van der Waals surface area contributed by atoms with Crippen LogP contribution in [0, 0.1) is 6.92 Å². The molecule has 1 N–H and O–H groups in total. The van der Waals surface area contributed by atoms with Gasteiger partial charge in [0.25, 0.3) is 0 Å². The maximum absolute atomic E-state index is 12.4. The van der Waals surface area contributed by atoms with Crippen molar-refractivity contribution >= 4 is 11.7 Å². The number of methoxy groups -OCH3 is 2. The van der Waals surface area contributed by atoms with Crippen LogP contribution in [0.15, 0.2) is 18.2 Å². The van der Waals surface area contributed by atoms with Crippen LogP contribution < -0.4 is 10.1 Å². The molecular formula is C15H22F2N2O4. The Balaban J connectivity index is 2.80. The third-order valence-corrected chi connectivity index (χ3v) is 3.16. The van der Waals surface area contributed by atoms with Crippen molar-refractivity contribution in [3.05, 3.63) is 23.8 Å². The Labute approximate surface area is 134 Å². The lowest BCUT2D eigenvalue weighted by Crippen LogP contribution is -2.39. The van der Waals surface area contributed by atoms with Gasteiger partial charge in [0.15, 0.2) is 0 Å². The van der Waals surface area contributed by atoms with Crippen molar-refractivity contribution in [2.45, 2.75) is 13.5 Å². The lowest BCUT2D eigenvalue weighted by molar-refractivity contribution is -0.0502. The average molecular weight is 332 g/mol. The molecule has 0 saturated heterocycles. The van der Waals surface area contributed by atoms with E-state index in [1.807, 2.05) is 0 Å². The molecule has 0 aliphatic heterocycles. The number of alkyl halides is 2. The summed E-state index contributed by atoms with van der Waals surface area (Å²) in [5.41, 5.74) is 0.840. The van der Waals surface area contributed by atoms with E-state index in [-0.39, 0.29) is 11.8 Å². The number of nitrogens with zero attached hydrogens (tertiary/aromatic N) is 1. The third kappa shape index (κ3) is 6.37. The molecule has 0 bridgehead atoms. The fraction of sp³-hybridized carbons (Fsp3) is 0.533. The van der Waals surface area contributed by atoms with Crippen LogP contribution >= 0.6 is 0 Å². The molecule has 1 aromatic rings. The topological polar surface area (TPSA) is 60.0 Å². The number of urea groups is 1. The second-order valence-corrected chi connectivity index (χ2v) is 4.71. The molecule has 0 aromatic heterocycles. The Hall–Kier alpha value is -1.93. The van der Waals surface area contributed by atoms with E-state index in [0.717, 1.165) is 0 Å². The van der Waals surface area contributed by atoms with Crippen LogP contribution in [-0.4, -0.2) is 58.1 Å². The van der Waals surface area contributed by atoms with Gasteiger partial charge in [-0.1, -0.05) is 6.07 Å². The summed E-state index contributed by atoms with van der Waals surface area (Å²) in [7, 11) is 3.09. The summed E-state index contributed by atoms with van der Waals surface area (Å²) in [5.74, 6) is 0.0260. The van der Waals surface area contributed by atoms with E-state index in [1.54, 1.807) is 27.2 Å². The minimum atomic E-state index is -2.92. The highest BCUT2D eigenvalue weighted by Crippen LogP contribution is 2.27. The molecule has 0 heterocycles. The molecule has 0 saturated carbocycles. The molecule has 0 aliphatic rings. The van der Waals surface area contributed by atoms with Gasteiger partial charge in [0.05, 0.1) is 13.2 Å². The highest BCUT2D eigenvalue weighted by molar-refractivity contribution is 5.90. The van der Waals surface area contributed by atoms with E-state index in [9.17, 15) is 13.6 Å². The second-order valence-electron chi connectivity index (χ2n) is 4.71. The monoisotopic (exact) mass is 332 g/mol. The number of carbonyl (C=O) groups excluding carboxylic acids is 1. The van der Waals surface area contributed by atoms with Gasteiger partial charge in [0, 0.05) is 38.6 Å². The van der Waals surface area contributed by atoms with Gasteiger partial charge in [-0.25, -0.2) is 4.79 Å². The third-order valence-electron chi connectivity index (χ3n) is 3.16. The van der Waals surface area contributed by atoms with Crippen LogP contribution in [0.5, 0.6) is 5.75 Å². The predicted molar refractivity (Wildman–Crippen MR) is 82.2 cm³/mol. The lowest BCUT2D eigenvalue weighted by Gasteiger charge is -2.23. The number of anilines is 1. The van der Waals surface area contributed by atoms with Crippen molar-refractivity contribution < 1.29 is 27.8 Å². The Morgan fingerprint density at radius 3 is 2.35 bits per heavy atom. The molecule has 0 fully saturated rings. The van der Waals surface area contributed by atoms with Crippen molar-refractivity contribution in [1.82, 2.24) is 4.90 Å². The SMILES string of the molecule is COCCN(CCOC)C(=O)Nc1cccc(OC(F)F)c1C. The van der Waals surface area contributed by atoms with Crippen LogP contribution in [0.1, 0.15) is 5.56 Å². The molecule has 1 rings (SSSR count). The molecule has 0 atom stereocenters. The maximum Gasteiger partial charge on any atom is 0.387 e. The van der Waals surface area contributed by atoms with Gasteiger partial charge in [-0.2, -0.15) is 8.78 Å². The highest BCUT2D eigenvalue weighted by Gasteiger charge is 2.16. The zero-order chi connectivity index (χ0) is 17.2. The summed E-state index contributed by atoms with van der Waals surface area (Å²) in [4.78, 5) is 13.8. The largest absolute Gasteiger partial charge is 0.434 e. The number of hydrogen-bond donors (Lipinski definition) is 1. The van der Waals surface area contributed by atoms with E-state index < -0.39 is 6.61 Å². The zero-order valence-electron chi connectivity index (χ0n) is 13.5. The fourth-order valence-electron chi connectivity index (χ4n) is 1.89. The van der Waals surface area contributed by atoms with Crippen LogP contribution in [0.4, 0.5) is 19.3 Å². The molecule has 0 unspecified atom stereocenters. The molecule has 23 heavy (non-hydrogen) atoms. The normalized spacial score (nSPS) is 10.7. The van der Waals surface area contributed by atoms with Gasteiger partial charge in [-0.15, -0.1) is 0 Å². The van der Waals surface area contributed by atoms with E-state index >= 15 is 0 Å². The van der Waals surface area contributed by atoms with Crippen LogP contribution in [0.3, 0.4) is 0 Å². The van der Waals surface area contributed by atoms with Gasteiger partial charge < -0.3 is 24.4 Å². The van der Waals surface area contributed by atoms with Crippen molar-refractivity contribution in [1.29, 1.82) is 0 Å². The minimum absolute atomic E-state index is 0.0260.